The van der Waals surface area contributed by atoms with Gasteiger partial charge in [-0.25, -0.2) is 4.98 Å². The van der Waals surface area contributed by atoms with Crippen LogP contribution in [0.4, 0.5) is 0 Å². The van der Waals surface area contributed by atoms with Crippen LogP contribution in [0.3, 0.4) is 0 Å². The number of rotatable bonds is 7. The van der Waals surface area contributed by atoms with Crippen molar-refractivity contribution >= 4 is 5.57 Å². The summed E-state index contributed by atoms with van der Waals surface area (Å²) in [7, 11) is 1.72. The molecule has 0 aliphatic carbocycles. The topological polar surface area (TPSA) is 27.1 Å². The molecule has 0 fully saturated rings. The first-order chi connectivity index (χ1) is 10.7. The molecule has 0 radical (unpaired) electrons. The summed E-state index contributed by atoms with van der Waals surface area (Å²) in [5.74, 6) is 0.879. The fourth-order valence-corrected chi connectivity index (χ4v) is 2.59. The highest BCUT2D eigenvalue weighted by molar-refractivity contribution is 5.68. The molecule has 0 saturated heterocycles. The van der Waals surface area contributed by atoms with Gasteiger partial charge in [0, 0.05) is 6.20 Å². The Hall–Kier alpha value is -2.03. The van der Waals surface area contributed by atoms with Gasteiger partial charge in [0.1, 0.15) is 5.75 Å². The van der Waals surface area contributed by atoms with E-state index in [0.717, 1.165) is 30.0 Å². The zero-order valence-electron chi connectivity index (χ0n) is 14.1. The molecule has 2 rings (SSSR count). The predicted molar refractivity (Wildman–Crippen MR) is 92.6 cm³/mol. The average molecular weight is 298 g/mol. The molecule has 1 aromatic carbocycles. The SMILES string of the molecule is CCCCC=C(CC)c1ccc(-n2cnc(C)c2)c(OC)c1. The van der Waals surface area contributed by atoms with Crippen molar-refractivity contribution in [3.05, 3.63) is 48.1 Å². The van der Waals surface area contributed by atoms with Crippen LogP contribution in [0.5, 0.6) is 5.75 Å². The molecular weight excluding hydrogens is 272 g/mol. The summed E-state index contributed by atoms with van der Waals surface area (Å²) in [6.45, 7) is 6.42. The first kappa shape index (κ1) is 16.3. The number of allylic oxidation sites excluding steroid dienone is 2. The Bertz CT molecular complexity index is 641. The Balaban J connectivity index is 2.33. The van der Waals surface area contributed by atoms with Gasteiger partial charge >= 0.3 is 0 Å². The minimum atomic E-state index is 0.879. The lowest BCUT2D eigenvalue weighted by Crippen LogP contribution is -1.97. The second kappa shape index (κ2) is 7.83. The lowest BCUT2D eigenvalue weighted by Gasteiger charge is -2.13. The summed E-state index contributed by atoms with van der Waals surface area (Å²) < 4.78 is 7.60. The normalized spacial score (nSPS) is 11.7. The molecule has 3 heteroatoms. The summed E-state index contributed by atoms with van der Waals surface area (Å²) in [6.07, 6.45) is 10.9. The van der Waals surface area contributed by atoms with Crippen LogP contribution in [0.1, 0.15) is 50.8 Å². The predicted octanol–water partition coefficient (Wildman–Crippen LogP) is 5.17. The fraction of sp³-hybridized carbons (Fsp3) is 0.421. The van der Waals surface area contributed by atoms with Gasteiger partial charge in [0.2, 0.25) is 0 Å². The smallest absolute Gasteiger partial charge is 0.143 e. The molecule has 0 amide bonds. The van der Waals surface area contributed by atoms with E-state index < -0.39 is 0 Å². The molecule has 1 heterocycles. The molecule has 0 unspecified atom stereocenters. The van der Waals surface area contributed by atoms with E-state index in [1.54, 1.807) is 7.11 Å². The van der Waals surface area contributed by atoms with Crippen molar-refractivity contribution in [3.8, 4) is 11.4 Å². The molecule has 3 nitrogen and oxygen atoms in total. The maximum atomic E-state index is 5.59. The highest BCUT2D eigenvalue weighted by Gasteiger charge is 2.09. The van der Waals surface area contributed by atoms with Gasteiger partial charge in [0.25, 0.3) is 0 Å². The minimum absolute atomic E-state index is 0.879. The first-order valence-corrected chi connectivity index (χ1v) is 8.08. The number of ether oxygens (including phenoxy) is 1. The zero-order valence-corrected chi connectivity index (χ0v) is 14.1. The van der Waals surface area contributed by atoms with E-state index in [2.05, 4.69) is 43.1 Å². The van der Waals surface area contributed by atoms with Crippen molar-refractivity contribution in [2.75, 3.05) is 7.11 Å². The second-order valence-corrected chi connectivity index (χ2v) is 5.53. The number of aromatic nitrogens is 2. The van der Waals surface area contributed by atoms with Gasteiger partial charge in [0.15, 0.2) is 0 Å². The Kier molecular flexibility index (Phi) is 5.82. The maximum absolute atomic E-state index is 5.59. The Morgan fingerprint density at radius 2 is 2.14 bits per heavy atom. The van der Waals surface area contributed by atoms with Crippen LogP contribution in [0.2, 0.25) is 0 Å². The van der Waals surface area contributed by atoms with Crippen LogP contribution in [-0.2, 0) is 0 Å². The zero-order chi connectivity index (χ0) is 15.9. The van der Waals surface area contributed by atoms with Crippen LogP contribution in [-0.4, -0.2) is 16.7 Å². The largest absolute Gasteiger partial charge is 0.495 e. The number of nitrogens with zero attached hydrogens (tertiary/aromatic N) is 2. The molecule has 2 aromatic rings. The quantitative estimate of drug-likeness (QED) is 0.659. The molecule has 0 N–H and O–H groups in total. The van der Waals surface area contributed by atoms with Gasteiger partial charge in [0.05, 0.1) is 24.8 Å². The van der Waals surface area contributed by atoms with Crippen molar-refractivity contribution in [2.24, 2.45) is 0 Å². The van der Waals surface area contributed by atoms with Gasteiger partial charge in [-0.3, -0.25) is 0 Å². The average Bonchev–Trinajstić information content (AvgIpc) is 2.97. The molecule has 0 aliphatic heterocycles. The van der Waals surface area contributed by atoms with Gasteiger partial charge in [-0.15, -0.1) is 0 Å². The van der Waals surface area contributed by atoms with Gasteiger partial charge < -0.3 is 9.30 Å². The Morgan fingerprint density at radius 3 is 2.73 bits per heavy atom. The standard InChI is InChI=1S/C19H26N2O/c1-5-7-8-9-16(6-2)17-10-11-18(19(12-17)22-4)21-13-15(3)20-14-21/h9-14H,5-8H2,1-4H3. The summed E-state index contributed by atoms with van der Waals surface area (Å²) in [6, 6.07) is 6.42. The number of aryl methyl sites for hydroxylation is 1. The fourth-order valence-electron chi connectivity index (χ4n) is 2.59. The summed E-state index contributed by atoms with van der Waals surface area (Å²) in [5, 5.41) is 0. The van der Waals surface area contributed by atoms with Crippen LogP contribution in [0.15, 0.2) is 36.8 Å². The monoisotopic (exact) mass is 298 g/mol. The molecular formula is C19H26N2O. The molecule has 0 atom stereocenters. The number of methoxy groups -OCH3 is 1. The van der Waals surface area contributed by atoms with Gasteiger partial charge in [-0.1, -0.05) is 38.8 Å². The number of hydrogen-bond acceptors (Lipinski definition) is 2. The maximum Gasteiger partial charge on any atom is 0.143 e. The van der Waals surface area contributed by atoms with E-state index in [1.807, 2.05) is 24.0 Å². The highest BCUT2D eigenvalue weighted by Crippen LogP contribution is 2.29. The molecule has 118 valence electrons. The van der Waals surface area contributed by atoms with Crippen LogP contribution >= 0.6 is 0 Å². The number of imidazole rings is 1. The lowest BCUT2D eigenvalue weighted by molar-refractivity contribution is 0.412. The Labute approximate surface area is 133 Å². The molecule has 0 saturated carbocycles. The van der Waals surface area contributed by atoms with E-state index in [1.165, 1.54) is 24.0 Å². The lowest BCUT2D eigenvalue weighted by atomic mass is 10.0. The van der Waals surface area contributed by atoms with Crippen LogP contribution in [0, 0.1) is 6.92 Å². The van der Waals surface area contributed by atoms with Crippen molar-refractivity contribution in [1.82, 2.24) is 9.55 Å². The van der Waals surface area contributed by atoms with Gasteiger partial charge in [-0.2, -0.15) is 0 Å². The molecule has 0 spiro atoms. The number of unbranched alkanes of at least 4 members (excludes halogenated alkanes) is 2. The summed E-state index contributed by atoms with van der Waals surface area (Å²) in [5.41, 5.74) is 4.66. The number of benzene rings is 1. The third-order valence-corrected chi connectivity index (χ3v) is 3.87. The first-order valence-electron chi connectivity index (χ1n) is 8.08. The van der Waals surface area contributed by atoms with Crippen LogP contribution in [0.25, 0.3) is 11.3 Å². The second-order valence-electron chi connectivity index (χ2n) is 5.53. The third kappa shape index (κ3) is 3.79. The number of hydrogen-bond donors (Lipinski definition) is 0. The van der Waals surface area contributed by atoms with E-state index in [9.17, 15) is 0 Å². The van der Waals surface area contributed by atoms with E-state index in [0.29, 0.717) is 0 Å². The molecule has 0 bridgehead atoms. The van der Waals surface area contributed by atoms with Crippen molar-refractivity contribution in [2.45, 2.75) is 46.5 Å². The van der Waals surface area contributed by atoms with E-state index in [4.69, 9.17) is 4.74 Å². The molecule has 1 aromatic heterocycles. The highest BCUT2D eigenvalue weighted by atomic mass is 16.5. The van der Waals surface area contributed by atoms with Crippen molar-refractivity contribution in [1.29, 1.82) is 0 Å². The molecule has 22 heavy (non-hydrogen) atoms. The summed E-state index contributed by atoms with van der Waals surface area (Å²) >= 11 is 0. The van der Waals surface area contributed by atoms with Crippen molar-refractivity contribution in [3.63, 3.8) is 0 Å². The van der Waals surface area contributed by atoms with Gasteiger partial charge in [-0.05, 0) is 43.0 Å². The van der Waals surface area contributed by atoms with Crippen molar-refractivity contribution < 1.29 is 4.74 Å². The van der Waals surface area contributed by atoms with Crippen LogP contribution < -0.4 is 4.74 Å². The summed E-state index contributed by atoms with van der Waals surface area (Å²) in [4.78, 5) is 4.29. The third-order valence-electron chi connectivity index (χ3n) is 3.87. The van der Waals surface area contributed by atoms with E-state index >= 15 is 0 Å². The Morgan fingerprint density at radius 1 is 1.32 bits per heavy atom. The minimum Gasteiger partial charge on any atom is -0.495 e. The molecule has 0 aliphatic rings. The van der Waals surface area contributed by atoms with E-state index in [-0.39, 0.29) is 0 Å².